The van der Waals surface area contributed by atoms with Crippen molar-refractivity contribution in [2.45, 2.75) is 19.8 Å². The number of likely N-dealkylation sites (tertiary alicyclic amines) is 1. The Morgan fingerprint density at radius 2 is 2.13 bits per heavy atom. The summed E-state index contributed by atoms with van der Waals surface area (Å²) < 4.78 is 0. The number of carbonyl (C=O) groups is 2. The highest BCUT2D eigenvalue weighted by atomic mass is 16.2. The number of nitrogens with one attached hydrogen (secondary N) is 2. The molecule has 1 aromatic rings. The first kappa shape index (κ1) is 17.2. The fourth-order valence-corrected chi connectivity index (χ4v) is 2.80. The Bertz CT molecular complexity index is 571. The van der Waals surface area contributed by atoms with Crippen LogP contribution in [0.1, 0.15) is 18.4 Å². The first-order valence-corrected chi connectivity index (χ1v) is 8.04. The first-order chi connectivity index (χ1) is 11.1. The van der Waals surface area contributed by atoms with Gasteiger partial charge in [0, 0.05) is 25.3 Å². The molecule has 2 N–H and O–H groups in total. The molecule has 0 radical (unpaired) electrons. The van der Waals surface area contributed by atoms with E-state index in [4.69, 9.17) is 0 Å². The number of amides is 2. The number of rotatable bonds is 7. The molecule has 1 atom stereocenters. The third kappa shape index (κ3) is 5.53. The van der Waals surface area contributed by atoms with Gasteiger partial charge in [-0.2, -0.15) is 0 Å². The molecule has 23 heavy (non-hydrogen) atoms. The van der Waals surface area contributed by atoms with Crippen molar-refractivity contribution in [2.75, 3.05) is 31.5 Å². The summed E-state index contributed by atoms with van der Waals surface area (Å²) in [6.45, 7) is 9.20. The monoisotopic (exact) mass is 315 g/mol. The summed E-state index contributed by atoms with van der Waals surface area (Å²) in [5.41, 5.74) is 1.73. The Morgan fingerprint density at radius 3 is 2.87 bits per heavy atom. The average Bonchev–Trinajstić information content (AvgIpc) is 2.96. The minimum Gasteiger partial charge on any atom is -0.355 e. The van der Waals surface area contributed by atoms with Crippen LogP contribution in [0.2, 0.25) is 0 Å². The molecular formula is C18H25N3O2. The number of aryl methyl sites for hydroxylation is 1. The molecule has 0 spiro atoms. The van der Waals surface area contributed by atoms with Gasteiger partial charge in [0.05, 0.1) is 0 Å². The second-order valence-corrected chi connectivity index (χ2v) is 6.05. The molecule has 1 saturated heterocycles. The van der Waals surface area contributed by atoms with Gasteiger partial charge in [-0.25, -0.2) is 0 Å². The van der Waals surface area contributed by atoms with Gasteiger partial charge in [0.15, 0.2) is 0 Å². The molecule has 1 heterocycles. The van der Waals surface area contributed by atoms with Crippen LogP contribution in [0, 0.1) is 12.8 Å². The number of carbonyl (C=O) groups excluding carboxylic acids is 2. The third-order valence-corrected chi connectivity index (χ3v) is 4.09. The molecule has 2 amide bonds. The van der Waals surface area contributed by atoms with Crippen LogP contribution in [0.25, 0.3) is 0 Å². The summed E-state index contributed by atoms with van der Waals surface area (Å²) in [5, 5.41) is 5.64. The lowest BCUT2D eigenvalue weighted by atomic mass is 10.1. The molecule has 2 rings (SSSR count). The van der Waals surface area contributed by atoms with Crippen molar-refractivity contribution in [3.63, 3.8) is 0 Å². The molecule has 1 aliphatic heterocycles. The van der Waals surface area contributed by atoms with Crippen LogP contribution < -0.4 is 10.6 Å². The zero-order valence-corrected chi connectivity index (χ0v) is 13.7. The van der Waals surface area contributed by atoms with Crippen molar-refractivity contribution in [2.24, 2.45) is 5.92 Å². The maximum Gasteiger partial charge on any atom is 0.233 e. The molecular weight excluding hydrogens is 290 g/mol. The van der Waals surface area contributed by atoms with E-state index in [9.17, 15) is 9.59 Å². The number of benzene rings is 1. The highest BCUT2D eigenvalue weighted by molar-refractivity contribution is 6.03. The lowest BCUT2D eigenvalue weighted by Gasteiger charge is -2.14. The lowest BCUT2D eigenvalue weighted by molar-refractivity contribution is -0.126. The standard InChI is InChI=1S/C18H25N3O2/c1-3-9-21-10-8-15(13-21)12-19-17(22)11-18(23)20-16-7-5-4-6-14(16)2/h3-7,15H,1,8-13H2,2H3,(H,19,22)(H,20,23). The Kier molecular flexibility index (Phi) is 6.35. The van der Waals surface area contributed by atoms with Crippen LogP contribution in [0.3, 0.4) is 0 Å². The minimum absolute atomic E-state index is 0.141. The van der Waals surface area contributed by atoms with E-state index >= 15 is 0 Å². The molecule has 124 valence electrons. The first-order valence-electron chi connectivity index (χ1n) is 8.04. The van der Waals surface area contributed by atoms with Crippen LogP contribution in [-0.2, 0) is 9.59 Å². The third-order valence-electron chi connectivity index (χ3n) is 4.09. The topological polar surface area (TPSA) is 61.4 Å². The van der Waals surface area contributed by atoms with Crippen molar-refractivity contribution in [1.82, 2.24) is 10.2 Å². The Hall–Kier alpha value is -2.14. The van der Waals surface area contributed by atoms with Gasteiger partial charge in [0.1, 0.15) is 6.42 Å². The van der Waals surface area contributed by atoms with Gasteiger partial charge >= 0.3 is 0 Å². The smallest absolute Gasteiger partial charge is 0.233 e. The van der Waals surface area contributed by atoms with E-state index in [-0.39, 0.29) is 18.2 Å². The van der Waals surface area contributed by atoms with E-state index in [0.29, 0.717) is 12.5 Å². The van der Waals surface area contributed by atoms with E-state index in [1.54, 1.807) is 0 Å². The van der Waals surface area contributed by atoms with Crippen LogP contribution in [0.15, 0.2) is 36.9 Å². The van der Waals surface area contributed by atoms with Crippen LogP contribution in [0.5, 0.6) is 0 Å². The van der Waals surface area contributed by atoms with Crippen molar-refractivity contribution >= 4 is 17.5 Å². The molecule has 1 fully saturated rings. The molecule has 0 aliphatic carbocycles. The number of hydrogen-bond acceptors (Lipinski definition) is 3. The highest BCUT2D eigenvalue weighted by Gasteiger charge is 2.22. The molecule has 1 unspecified atom stereocenters. The van der Waals surface area contributed by atoms with E-state index in [1.807, 2.05) is 37.3 Å². The quantitative estimate of drug-likeness (QED) is 0.597. The SMILES string of the molecule is C=CCN1CCC(CNC(=O)CC(=O)Nc2ccccc2C)C1. The predicted molar refractivity (Wildman–Crippen MR) is 92.2 cm³/mol. The van der Waals surface area contributed by atoms with Gasteiger partial charge in [-0.05, 0) is 37.4 Å². The minimum atomic E-state index is -0.281. The molecule has 0 aromatic heterocycles. The van der Waals surface area contributed by atoms with Gasteiger partial charge in [0.25, 0.3) is 0 Å². The molecule has 5 heteroatoms. The second-order valence-electron chi connectivity index (χ2n) is 6.05. The molecule has 0 bridgehead atoms. The summed E-state index contributed by atoms with van der Waals surface area (Å²) in [4.78, 5) is 26.1. The molecule has 1 aliphatic rings. The second kappa shape index (κ2) is 8.48. The fraction of sp³-hybridized carbons (Fsp3) is 0.444. The number of nitrogens with zero attached hydrogens (tertiary/aromatic N) is 1. The largest absolute Gasteiger partial charge is 0.355 e. The maximum atomic E-state index is 11.9. The normalized spacial score (nSPS) is 17.7. The van der Waals surface area contributed by atoms with Gasteiger partial charge in [-0.15, -0.1) is 6.58 Å². The number of hydrogen-bond donors (Lipinski definition) is 2. The molecule has 5 nitrogen and oxygen atoms in total. The van der Waals surface area contributed by atoms with Crippen LogP contribution in [-0.4, -0.2) is 42.9 Å². The average molecular weight is 315 g/mol. The summed E-state index contributed by atoms with van der Waals surface area (Å²) in [7, 11) is 0. The zero-order chi connectivity index (χ0) is 16.7. The van der Waals surface area contributed by atoms with Gasteiger partial charge in [-0.3, -0.25) is 14.5 Å². The van der Waals surface area contributed by atoms with Crippen molar-refractivity contribution < 1.29 is 9.59 Å². The maximum absolute atomic E-state index is 11.9. The number of para-hydroxylation sites is 1. The Labute approximate surface area is 137 Å². The molecule has 1 aromatic carbocycles. The van der Waals surface area contributed by atoms with Crippen molar-refractivity contribution in [1.29, 1.82) is 0 Å². The van der Waals surface area contributed by atoms with Gasteiger partial charge in [-0.1, -0.05) is 24.3 Å². The van der Waals surface area contributed by atoms with E-state index < -0.39 is 0 Å². The molecule has 0 saturated carbocycles. The van der Waals surface area contributed by atoms with Crippen LogP contribution >= 0.6 is 0 Å². The fourth-order valence-electron chi connectivity index (χ4n) is 2.80. The zero-order valence-electron chi connectivity index (χ0n) is 13.7. The van der Waals surface area contributed by atoms with Gasteiger partial charge in [0.2, 0.25) is 11.8 Å². The summed E-state index contributed by atoms with van der Waals surface area (Å²) in [5.74, 6) is -0.0481. The summed E-state index contributed by atoms with van der Waals surface area (Å²) in [6.07, 6.45) is 2.83. The van der Waals surface area contributed by atoms with E-state index in [2.05, 4.69) is 22.1 Å². The predicted octanol–water partition coefficient (Wildman–Crippen LogP) is 1.95. The van der Waals surface area contributed by atoms with E-state index in [1.165, 1.54) is 0 Å². The van der Waals surface area contributed by atoms with Crippen molar-refractivity contribution in [3.8, 4) is 0 Å². The van der Waals surface area contributed by atoms with Gasteiger partial charge < -0.3 is 10.6 Å². The van der Waals surface area contributed by atoms with E-state index in [0.717, 1.165) is 37.3 Å². The highest BCUT2D eigenvalue weighted by Crippen LogP contribution is 2.15. The summed E-state index contributed by atoms with van der Waals surface area (Å²) >= 11 is 0. The number of anilines is 1. The lowest BCUT2D eigenvalue weighted by Crippen LogP contribution is -2.33. The van der Waals surface area contributed by atoms with Crippen LogP contribution in [0.4, 0.5) is 5.69 Å². The Balaban J connectivity index is 1.69. The van der Waals surface area contributed by atoms with Crippen molar-refractivity contribution in [3.05, 3.63) is 42.5 Å². The summed E-state index contributed by atoms with van der Waals surface area (Å²) in [6, 6.07) is 7.52. The Morgan fingerprint density at radius 1 is 1.35 bits per heavy atom.